The van der Waals surface area contributed by atoms with Crippen molar-refractivity contribution >= 4 is 41.3 Å². The maximum absolute atomic E-state index is 5.54. The van der Waals surface area contributed by atoms with Gasteiger partial charge in [-0.2, -0.15) is 0 Å². The quantitative estimate of drug-likeness (QED) is 0.346. The minimum atomic E-state index is 0. The second-order valence-corrected chi connectivity index (χ2v) is 6.44. The van der Waals surface area contributed by atoms with Crippen molar-refractivity contribution in [3.8, 4) is 10.8 Å². The molecule has 0 aliphatic heterocycles. The molecule has 0 radical (unpaired) electrons. The van der Waals surface area contributed by atoms with E-state index in [1.54, 1.807) is 17.6 Å². The standard InChI is InChI=1S/C18H20N4OS.HI/c1-22(2)18(19-11-14-7-4-3-5-8-14)20-12-15-13-23-17(21-15)16-9-6-10-24-16;/h3-10,13H,11-12H2,1-2H3,(H,19,20);1H. The fraction of sp³-hybridized carbons (Fsp3) is 0.222. The van der Waals surface area contributed by atoms with E-state index in [0.29, 0.717) is 19.0 Å². The number of hydrogen-bond donors (Lipinski definition) is 1. The van der Waals surface area contributed by atoms with Gasteiger partial charge < -0.3 is 14.6 Å². The molecule has 0 fully saturated rings. The molecule has 1 aromatic carbocycles. The molecule has 25 heavy (non-hydrogen) atoms. The van der Waals surface area contributed by atoms with Crippen LogP contribution in [0.5, 0.6) is 0 Å². The Morgan fingerprint density at radius 2 is 2.00 bits per heavy atom. The Morgan fingerprint density at radius 1 is 1.20 bits per heavy atom. The Bertz CT molecular complexity index is 785. The first-order chi connectivity index (χ1) is 11.7. The summed E-state index contributed by atoms with van der Waals surface area (Å²) in [6, 6.07) is 14.2. The predicted octanol–water partition coefficient (Wildman–Crippen LogP) is 4.23. The lowest BCUT2D eigenvalue weighted by atomic mass is 10.2. The SMILES string of the molecule is CN(C)C(=NCc1ccccc1)NCc1coc(-c2cccs2)n1.I. The van der Waals surface area contributed by atoms with Crippen LogP contribution >= 0.6 is 35.3 Å². The van der Waals surface area contributed by atoms with Crippen LogP contribution < -0.4 is 5.32 Å². The van der Waals surface area contributed by atoms with Gasteiger partial charge in [-0.15, -0.1) is 35.3 Å². The van der Waals surface area contributed by atoms with E-state index >= 15 is 0 Å². The summed E-state index contributed by atoms with van der Waals surface area (Å²) in [5.41, 5.74) is 2.03. The Labute approximate surface area is 168 Å². The Balaban J connectivity index is 0.00000225. The minimum absolute atomic E-state index is 0. The van der Waals surface area contributed by atoms with Gasteiger partial charge in [0, 0.05) is 14.1 Å². The van der Waals surface area contributed by atoms with Crippen LogP contribution in [0, 0.1) is 0 Å². The van der Waals surface area contributed by atoms with E-state index in [-0.39, 0.29) is 24.0 Å². The molecule has 0 amide bonds. The summed E-state index contributed by atoms with van der Waals surface area (Å²) < 4.78 is 5.54. The molecule has 5 nitrogen and oxygen atoms in total. The van der Waals surface area contributed by atoms with Crippen LogP contribution in [-0.2, 0) is 13.1 Å². The largest absolute Gasteiger partial charge is 0.443 e. The normalized spacial score (nSPS) is 11.0. The number of halogens is 1. The van der Waals surface area contributed by atoms with Gasteiger partial charge in [0.15, 0.2) is 5.96 Å². The van der Waals surface area contributed by atoms with Crippen molar-refractivity contribution in [1.29, 1.82) is 0 Å². The highest BCUT2D eigenvalue weighted by Crippen LogP contribution is 2.23. The van der Waals surface area contributed by atoms with Gasteiger partial charge in [-0.3, -0.25) is 0 Å². The molecular weight excluding hydrogens is 447 g/mol. The van der Waals surface area contributed by atoms with Crippen LogP contribution in [0.1, 0.15) is 11.3 Å². The van der Waals surface area contributed by atoms with Crippen LogP contribution in [0.4, 0.5) is 0 Å². The topological polar surface area (TPSA) is 53.7 Å². The highest BCUT2D eigenvalue weighted by Gasteiger charge is 2.09. The molecule has 0 spiro atoms. The number of hydrogen-bond acceptors (Lipinski definition) is 4. The van der Waals surface area contributed by atoms with E-state index in [2.05, 4.69) is 27.4 Å². The van der Waals surface area contributed by atoms with Crippen molar-refractivity contribution in [1.82, 2.24) is 15.2 Å². The monoisotopic (exact) mass is 468 g/mol. The van der Waals surface area contributed by atoms with Gasteiger partial charge in [0.25, 0.3) is 0 Å². The number of nitrogens with one attached hydrogen (secondary N) is 1. The van der Waals surface area contributed by atoms with Crippen LogP contribution in [0.2, 0.25) is 0 Å². The maximum atomic E-state index is 5.54. The second-order valence-electron chi connectivity index (χ2n) is 5.49. The number of aromatic nitrogens is 1. The average Bonchev–Trinajstić information content (AvgIpc) is 3.27. The lowest BCUT2D eigenvalue weighted by molar-refractivity contribution is 0.567. The summed E-state index contributed by atoms with van der Waals surface area (Å²) in [6.45, 7) is 1.21. The van der Waals surface area contributed by atoms with E-state index in [4.69, 9.17) is 4.42 Å². The van der Waals surface area contributed by atoms with Gasteiger partial charge in [0.2, 0.25) is 5.89 Å². The molecule has 3 aromatic rings. The van der Waals surface area contributed by atoms with Crippen LogP contribution in [-0.4, -0.2) is 29.9 Å². The summed E-state index contributed by atoms with van der Waals surface area (Å²) in [4.78, 5) is 12.1. The smallest absolute Gasteiger partial charge is 0.236 e. The number of rotatable bonds is 5. The van der Waals surface area contributed by atoms with Gasteiger partial charge in [0.05, 0.1) is 23.7 Å². The number of nitrogens with zero attached hydrogens (tertiary/aromatic N) is 3. The third-order valence-electron chi connectivity index (χ3n) is 3.39. The van der Waals surface area contributed by atoms with Gasteiger partial charge in [-0.25, -0.2) is 9.98 Å². The number of oxazole rings is 1. The molecule has 3 rings (SSSR count). The van der Waals surface area contributed by atoms with E-state index in [1.807, 2.05) is 54.7 Å². The number of thiophene rings is 1. The Hall–Kier alpha value is -1.87. The van der Waals surface area contributed by atoms with E-state index < -0.39 is 0 Å². The summed E-state index contributed by atoms with van der Waals surface area (Å²) in [5.74, 6) is 1.48. The lowest BCUT2D eigenvalue weighted by Crippen LogP contribution is -2.36. The van der Waals surface area contributed by atoms with Crippen molar-refractivity contribution < 1.29 is 4.42 Å². The van der Waals surface area contributed by atoms with Crippen molar-refractivity contribution in [3.63, 3.8) is 0 Å². The molecule has 0 unspecified atom stereocenters. The van der Waals surface area contributed by atoms with Crippen molar-refractivity contribution in [3.05, 3.63) is 65.4 Å². The zero-order valence-corrected chi connectivity index (χ0v) is 17.3. The van der Waals surface area contributed by atoms with Gasteiger partial charge in [-0.05, 0) is 17.0 Å². The predicted molar refractivity (Wildman–Crippen MR) is 113 cm³/mol. The van der Waals surface area contributed by atoms with Crippen molar-refractivity contribution in [2.24, 2.45) is 4.99 Å². The lowest BCUT2D eigenvalue weighted by Gasteiger charge is -2.17. The molecule has 132 valence electrons. The van der Waals surface area contributed by atoms with E-state index in [0.717, 1.165) is 16.5 Å². The fourth-order valence-electron chi connectivity index (χ4n) is 2.18. The first-order valence-corrected chi connectivity index (χ1v) is 8.58. The molecule has 0 aliphatic rings. The third-order valence-corrected chi connectivity index (χ3v) is 4.25. The van der Waals surface area contributed by atoms with Gasteiger partial charge in [0.1, 0.15) is 6.26 Å². The summed E-state index contributed by atoms with van der Waals surface area (Å²) in [5, 5.41) is 5.33. The van der Waals surface area contributed by atoms with Crippen LogP contribution in [0.3, 0.4) is 0 Å². The van der Waals surface area contributed by atoms with Crippen molar-refractivity contribution in [2.75, 3.05) is 14.1 Å². The molecule has 0 saturated carbocycles. The number of aliphatic imine (C=N–C) groups is 1. The third kappa shape index (κ3) is 5.57. The molecule has 0 bridgehead atoms. The summed E-state index contributed by atoms with van der Waals surface area (Å²) in [7, 11) is 3.94. The molecule has 7 heteroatoms. The zero-order chi connectivity index (χ0) is 16.8. The number of benzene rings is 1. The highest BCUT2D eigenvalue weighted by molar-refractivity contribution is 14.0. The Morgan fingerprint density at radius 3 is 2.68 bits per heavy atom. The van der Waals surface area contributed by atoms with Gasteiger partial charge in [-0.1, -0.05) is 36.4 Å². The molecule has 0 atom stereocenters. The van der Waals surface area contributed by atoms with Crippen molar-refractivity contribution in [2.45, 2.75) is 13.1 Å². The second kappa shape index (κ2) is 9.57. The molecule has 0 saturated heterocycles. The molecular formula is C18H21IN4OS. The van der Waals surface area contributed by atoms with Crippen LogP contribution in [0.25, 0.3) is 10.8 Å². The van der Waals surface area contributed by atoms with Crippen LogP contribution in [0.15, 0.2) is 63.5 Å². The molecule has 1 N–H and O–H groups in total. The zero-order valence-electron chi connectivity index (χ0n) is 14.2. The van der Waals surface area contributed by atoms with E-state index in [1.165, 1.54) is 5.56 Å². The summed E-state index contributed by atoms with van der Waals surface area (Å²) >= 11 is 1.62. The summed E-state index contributed by atoms with van der Waals surface area (Å²) in [6.07, 6.45) is 1.69. The highest BCUT2D eigenvalue weighted by atomic mass is 127. The minimum Gasteiger partial charge on any atom is -0.443 e. The first kappa shape index (κ1) is 19.5. The molecule has 0 aliphatic carbocycles. The molecule has 2 aromatic heterocycles. The maximum Gasteiger partial charge on any atom is 0.236 e. The Kier molecular flexibility index (Phi) is 7.45. The van der Waals surface area contributed by atoms with E-state index in [9.17, 15) is 0 Å². The first-order valence-electron chi connectivity index (χ1n) is 7.70. The molecule has 2 heterocycles. The van der Waals surface area contributed by atoms with Gasteiger partial charge >= 0.3 is 0 Å². The number of guanidine groups is 1. The average molecular weight is 468 g/mol. The fourth-order valence-corrected chi connectivity index (χ4v) is 2.83.